The van der Waals surface area contributed by atoms with Crippen molar-refractivity contribution in [2.24, 2.45) is 5.73 Å². The second kappa shape index (κ2) is 7.23. The average Bonchev–Trinajstić information content (AvgIpc) is 2.59. The predicted molar refractivity (Wildman–Crippen MR) is 95.4 cm³/mol. The molecule has 1 aromatic heterocycles. The highest BCUT2D eigenvalue weighted by Crippen LogP contribution is 2.30. The summed E-state index contributed by atoms with van der Waals surface area (Å²) in [6.07, 6.45) is 4.15. The molecule has 0 saturated heterocycles. The number of aliphatic hydroxyl groups excluding tert-OH is 1. The monoisotopic (exact) mass is 344 g/mol. The summed E-state index contributed by atoms with van der Waals surface area (Å²) in [5, 5.41) is 13.8. The van der Waals surface area contributed by atoms with Gasteiger partial charge in [0.05, 0.1) is 6.10 Å². The summed E-state index contributed by atoms with van der Waals surface area (Å²) < 4.78 is 5.75. The lowest BCUT2D eigenvalue weighted by Gasteiger charge is -2.26. The predicted octanol–water partition coefficient (Wildman–Crippen LogP) is 1.91. The van der Waals surface area contributed by atoms with Gasteiger partial charge in [-0.15, -0.1) is 0 Å². The highest BCUT2D eigenvalue weighted by Gasteiger charge is 2.21. The summed E-state index contributed by atoms with van der Waals surface area (Å²) in [7, 11) is 0. The number of amides is 1. The molecule has 1 aromatic carbocycles. The third kappa shape index (κ3) is 3.99. The van der Waals surface area contributed by atoms with E-state index in [9.17, 15) is 9.90 Å². The molecular weight excluding hydrogens is 320 g/mol. The van der Waals surface area contributed by atoms with Crippen molar-refractivity contribution in [3.05, 3.63) is 23.9 Å². The van der Waals surface area contributed by atoms with Crippen LogP contribution in [0.25, 0.3) is 10.9 Å². The minimum absolute atomic E-state index is 0.200. The van der Waals surface area contributed by atoms with Gasteiger partial charge in [0.15, 0.2) is 6.10 Å². The Balaban J connectivity index is 1.88. The lowest BCUT2D eigenvalue weighted by molar-refractivity contribution is -0.123. The lowest BCUT2D eigenvalue weighted by Crippen LogP contribution is -2.31. The SMILES string of the molecule is Cc1ccc2cnc(NC3CCC(O)CC3)nc2c1OC(C)C(N)=O. The van der Waals surface area contributed by atoms with Crippen molar-refractivity contribution >= 4 is 22.8 Å². The number of ether oxygens (including phenoxy) is 1. The maximum absolute atomic E-state index is 11.3. The van der Waals surface area contributed by atoms with Crippen LogP contribution < -0.4 is 15.8 Å². The molecule has 1 unspecified atom stereocenters. The molecule has 1 saturated carbocycles. The Labute approximate surface area is 146 Å². The topological polar surface area (TPSA) is 110 Å². The minimum Gasteiger partial charge on any atom is -0.478 e. The number of nitrogens with one attached hydrogen (secondary N) is 1. The number of fused-ring (bicyclic) bond motifs is 1. The lowest BCUT2D eigenvalue weighted by atomic mass is 9.93. The Morgan fingerprint density at radius 3 is 2.76 bits per heavy atom. The molecule has 0 bridgehead atoms. The van der Waals surface area contributed by atoms with Crippen LogP contribution in [0.1, 0.15) is 38.2 Å². The molecule has 7 heteroatoms. The van der Waals surface area contributed by atoms with Crippen LogP contribution in [0.4, 0.5) is 5.95 Å². The summed E-state index contributed by atoms with van der Waals surface area (Å²) in [5.74, 6) is 0.550. The molecule has 0 radical (unpaired) electrons. The fourth-order valence-electron chi connectivity index (χ4n) is 3.03. The van der Waals surface area contributed by atoms with Crippen molar-refractivity contribution in [3.63, 3.8) is 0 Å². The molecule has 134 valence electrons. The second-order valence-corrected chi connectivity index (χ2v) is 6.66. The molecule has 25 heavy (non-hydrogen) atoms. The van der Waals surface area contributed by atoms with Crippen LogP contribution in [0, 0.1) is 6.92 Å². The van der Waals surface area contributed by atoms with E-state index in [2.05, 4.69) is 15.3 Å². The molecule has 1 amide bonds. The molecule has 3 rings (SSSR count). The van der Waals surface area contributed by atoms with Crippen molar-refractivity contribution in [2.45, 2.75) is 57.8 Å². The Kier molecular flexibility index (Phi) is 5.03. The van der Waals surface area contributed by atoms with E-state index in [4.69, 9.17) is 10.5 Å². The third-order valence-corrected chi connectivity index (χ3v) is 4.63. The number of nitrogens with two attached hydrogens (primary N) is 1. The van der Waals surface area contributed by atoms with Crippen LogP contribution in [0.3, 0.4) is 0 Å². The number of hydrogen-bond acceptors (Lipinski definition) is 6. The van der Waals surface area contributed by atoms with E-state index >= 15 is 0 Å². The molecule has 1 aliphatic carbocycles. The maximum Gasteiger partial charge on any atom is 0.258 e. The quantitative estimate of drug-likeness (QED) is 0.764. The average molecular weight is 344 g/mol. The van der Waals surface area contributed by atoms with E-state index in [-0.39, 0.29) is 12.1 Å². The first-order valence-corrected chi connectivity index (χ1v) is 8.61. The zero-order valence-electron chi connectivity index (χ0n) is 14.5. The molecule has 1 fully saturated rings. The number of aryl methyl sites for hydroxylation is 1. The fourth-order valence-corrected chi connectivity index (χ4v) is 3.03. The Morgan fingerprint density at radius 2 is 2.08 bits per heavy atom. The van der Waals surface area contributed by atoms with Gasteiger partial charge in [0, 0.05) is 17.6 Å². The van der Waals surface area contributed by atoms with Gasteiger partial charge in [-0.3, -0.25) is 4.79 Å². The summed E-state index contributed by atoms with van der Waals surface area (Å²) >= 11 is 0. The number of rotatable bonds is 5. The van der Waals surface area contributed by atoms with Gasteiger partial charge < -0.3 is 20.9 Å². The molecular formula is C18H24N4O3. The number of benzene rings is 1. The van der Waals surface area contributed by atoms with Gasteiger partial charge >= 0.3 is 0 Å². The maximum atomic E-state index is 11.3. The molecule has 4 N–H and O–H groups in total. The van der Waals surface area contributed by atoms with Gasteiger partial charge in [0.1, 0.15) is 11.3 Å². The molecule has 1 heterocycles. The van der Waals surface area contributed by atoms with E-state index in [1.807, 2.05) is 19.1 Å². The number of carbonyl (C=O) groups is 1. The second-order valence-electron chi connectivity index (χ2n) is 6.66. The largest absolute Gasteiger partial charge is 0.478 e. The first-order chi connectivity index (χ1) is 11.9. The standard InChI is InChI=1S/C18H24N4O3/c1-10-3-4-12-9-20-18(21-13-5-7-14(23)8-6-13)22-15(12)16(10)25-11(2)17(19)24/h3-4,9,11,13-14,23H,5-8H2,1-2H3,(H2,19,24)(H,20,21,22). The Hall–Kier alpha value is -2.41. The van der Waals surface area contributed by atoms with Crippen LogP contribution in [-0.2, 0) is 4.79 Å². The van der Waals surface area contributed by atoms with E-state index < -0.39 is 12.0 Å². The van der Waals surface area contributed by atoms with E-state index in [0.29, 0.717) is 17.2 Å². The first-order valence-electron chi connectivity index (χ1n) is 8.61. The zero-order valence-corrected chi connectivity index (χ0v) is 14.5. The molecule has 2 aromatic rings. The van der Waals surface area contributed by atoms with E-state index in [1.54, 1.807) is 13.1 Å². The Morgan fingerprint density at radius 1 is 1.36 bits per heavy atom. The van der Waals surface area contributed by atoms with Crippen molar-refractivity contribution in [1.29, 1.82) is 0 Å². The number of anilines is 1. The van der Waals surface area contributed by atoms with E-state index in [1.165, 1.54) is 0 Å². The fraction of sp³-hybridized carbons (Fsp3) is 0.500. The highest BCUT2D eigenvalue weighted by atomic mass is 16.5. The molecule has 7 nitrogen and oxygen atoms in total. The van der Waals surface area contributed by atoms with Crippen LogP contribution in [0.5, 0.6) is 5.75 Å². The number of carbonyl (C=O) groups excluding carboxylic acids is 1. The van der Waals surface area contributed by atoms with Crippen molar-refractivity contribution in [2.75, 3.05) is 5.32 Å². The highest BCUT2D eigenvalue weighted by molar-refractivity contribution is 5.87. The van der Waals surface area contributed by atoms with Gasteiger partial charge in [-0.05, 0) is 45.1 Å². The van der Waals surface area contributed by atoms with Crippen LogP contribution in [-0.4, -0.2) is 39.2 Å². The van der Waals surface area contributed by atoms with Gasteiger partial charge in [-0.1, -0.05) is 12.1 Å². The summed E-state index contributed by atoms with van der Waals surface area (Å²) in [4.78, 5) is 20.3. The smallest absolute Gasteiger partial charge is 0.258 e. The zero-order chi connectivity index (χ0) is 18.0. The normalized spacial score (nSPS) is 21.7. The van der Waals surface area contributed by atoms with Gasteiger partial charge in [0.2, 0.25) is 5.95 Å². The van der Waals surface area contributed by atoms with Crippen LogP contribution in [0.15, 0.2) is 18.3 Å². The number of aliphatic hydroxyl groups is 1. The van der Waals surface area contributed by atoms with Crippen molar-refractivity contribution < 1.29 is 14.6 Å². The number of primary amides is 1. The van der Waals surface area contributed by atoms with Crippen molar-refractivity contribution in [1.82, 2.24) is 9.97 Å². The first kappa shape index (κ1) is 17.4. The van der Waals surface area contributed by atoms with Crippen molar-refractivity contribution in [3.8, 4) is 5.75 Å². The van der Waals surface area contributed by atoms with Gasteiger partial charge in [-0.25, -0.2) is 9.97 Å². The molecule has 0 spiro atoms. The minimum atomic E-state index is -0.740. The summed E-state index contributed by atoms with van der Waals surface area (Å²) in [6.45, 7) is 3.52. The van der Waals surface area contributed by atoms with Crippen LogP contribution >= 0.6 is 0 Å². The third-order valence-electron chi connectivity index (χ3n) is 4.63. The van der Waals surface area contributed by atoms with Crippen LogP contribution in [0.2, 0.25) is 0 Å². The Bertz CT molecular complexity index is 772. The molecule has 0 aliphatic heterocycles. The number of aromatic nitrogens is 2. The van der Waals surface area contributed by atoms with E-state index in [0.717, 1.165) is 36.6 Å². The summed E-state index contributed by atoms with van der Waals surface area (Å²) in [6, 6.07) is 4.08. The molecule has 1 atom stereocenters. The van der Waals surface area contributed by atoms with Gasteiger partial charge in [-0.2, -0.15) is 0 Å². The summed E-state index contributed by atoms with van der Waals surface area (Å²) in [5.41, 5.74) is 6.85. The number of nitrogens with zero attached hydrogens (tertiary/aromatic N) is 2. The van der Waals surface area contributed by atoms with Gasteiger partial charge in [0.25, 0.3) is 5.91 Å². The number of hydrogen-bond donors (Lipinski definition) is 3. The molecule has 1 aliphatic rings.